The van der Waals surface area contributed by atoms with Crippen LogP contribution in [-0.2, 0) is 11.2 Å². The summed E-state index contributed by atoms with van der Waals surface area (Å²) in [4.78, 5) is 20.8. The van der Waals surface area contributed by atoms with Crippen molar-refractivity contribution in [1.29, 1.82) is 0 Å². The lowest BCUT2D eigenvalue weighted by atomic mass is 10.2. The second-order valence-electron chi connectivity index (χ2n) is 4.17. The van der Waals surface area contributed by atoms with Crippen molar-refractivity contribution in [2.45, 2.75) is 12.5 Å². The molecule has 9 nitrogen and oxygen atoms in total. The Bertz CT molecular complexity index is 702. The van der Waals surface area contributed by atoms with E-state index in [4.69, 9.17) is 10.8 Å². The van der Waals surface area contributed by atoms with Crippen LogP contribution in [0.4, 0.5) is 10.1 Å². The summed E-state index contributed by atoms with van der Waals surface area (Å²) in [5.74, 6) is -2.07. The third-order valence-electron chi connectivity index (χ3n) is 2.68. The van der Waals surface area contributed by atoms with Crippen LogP contribution in [0.3, 0.4) is 0 Å². The normalized spacial score (nSPS) is 12.1. The van der Waals surface area contributed by atoms with E-state index in [0.29, 0.717) is 0 Å². The predicted molar refractivity (Wildman–Crippen MR) is 67.3 cm³/mol. The summed E-state index contributed by atoms with van der Waals surface area (Å²) >= 11 is 0. The number of rotatable bonds is 5. The zero-order valence-electron chi connectivity index (χ0n) is 10.5. The number of para-hydroxylation sites is 1. The molecule has 0 bridgehead atoms. The molecule has 0 saturated carbocycles. The second-order valence-corrected chi connectivity index (χ2v) is 4.17. The summed E-state index contributed by atoms with van der Waals surface area (Å²) in [7, 11) is 0. The molecule has 0 aliphatic heterocycles. The molecule has 1 aromatic carbocycles. The number of aromatic nitrogens is 3. The lowest BCUT2D eigenvalue weighted by Crippen LogP contribution is -2.32. The minimum Gasteiger partial charge on any atom is -0.480 e. The Balaban J connectivity index is 2.38. The third-order valence-corrected chi connectivity index (χ3v) is 2.68. The molecule has 110 valence electrons. The molecule has 0 aliphatic rings. The van der Waals surface area contributed by atoms with Gasteiger partial charge in [0.15, 0.2) is 11.5 Å². The summed E-state index contributed by atoms with van der Waals surface area (Å²) in [5.41, 5.74) is 4.68. The first-order chi connectivity index (χ1) is 9.90. The molecule has 0 fully saturated rings. The summed E-state index contributed by atoms with van der Waals surface area (Å²) in [6, 6.07) is 2.19. The number of carbonyl (C=O) groups is 1. The molecule has 0 aliphatic carbocycles. The monoisotopic (exact) mass is 295 g/mol. The molecule has 2 aromatic rings. The summed E-state index contributed by atoms with van der Waals surface area (Å²) in [6.45, 7) is 0. The molecule has 1 aromatic heterocycles. The van der Waals surface area contributed by atoms with E-state index in [1.54, 1.807) is 0 Å². The van der Waals surface area contributed by atoms with Crippen molar-refractivity contribution in [3.05, 3.63) is 46.0 Å². The molecule has 0 spiro atoms. The van der Waals surface area contributed by atoms with Gasteiger partial charge in [0.1, 0.15) is 6.04 Å². The van der Waals surface area contributed by atoms with Crippen molar-refractivity contribution >= 4 is 11.7 Å². The van der Waals surface area contributed by atoms with E-state index in [2.05, 4.69) is 10.3 Å². The Kier molecular flexibility index (Phi) is 3.89. The van der Waals surface area contributed by atoms with Gasteiger partial charge >= 0.3 is 5.97 Å². The molecule has 1 atom stereocenters. The fraction of sp³-hybridized carbons (Fsp3) is 0.182. The van der Waals surface area contributed by atoms with Gasteiger partial charge in [-0.05, 0) is 6.07 Å². The van der Waals surface area contributed by atoms with Crippen molar-refractivity contribution in [3.63, 3.8) is 0 Å². The Morgan fingerprint density at radius 2 is 2.29 bits per heavy atom. The number of nitrogens with zero attached hydrogens (tertiary/aromatic N) is 4. The smallest absolute Gasteiger partial charge is 0.320 e. The van der Waals surface area contributed by atoms with Crippen LogP contribution in [0, 0.1) is 15.9 Å². The highest BCUT2D eigenvalue weighted by Crippen LogP contribution is 2.24. The predicted octanol–water partition coefficient (Wildman–Crippen LogP) is 0.269. The number of hydrogen-bond acceptors (Lipinski definition) is 6. The molecule has 10 heteroatoms. The topological polar surface area (TPSA) is 137 Å². The van der Waals surface area contributed by atoms with Crippen LogP contribution < -0.4 is 5.73 Å². The standard InChI is InChI=1S/C11H10FN5O4/c12-7-2-1-3-9(17(20)21)10(7)16-5-6(14-15-16)4-8(13)11(18)19/h1-3,5,8H,4,13H2,(H,18,19). The molecule has 0 amide bonds. The van der Waals surface area contributed by atoms with Crippen LogP contribution >= 0.6 is 0 Å². The van der Waals surface area contributed by atoms with Gasteiger partial charge in [-0.3, -0.25) is 14.9 Å². The summed E-state index contributed by atoms with van der Waals surface area (Å²) in [5, 5.41) is 26.8. The molecule has 0 saturated heterocycles. The second kappa shape index (κ2) is 5.63. The highest BCUT2D eigenvalue weighted by atomic mass is 19.1. The van der Waals surface area contributed by atoms with E-state index >= 15 is 0 Å². The van der Waals surface area contributed by atoms with Gasteiger partial charge in [-0.1, -0.05) is 11.3 Å². The number of nitro benzene ring substituents is 1. The first-order valence-corrected chi connectivity index (χ1v) is 5.73. The lowest BCUT2D eigenvalue weighted by Gasteiger charge is -2.03. The number of nitrogens with two attached hydrogens (primary N) is 1. The number of benzene rings is 1. The van der Waals surface area contributed by atoms with E-state index in [-0.39, 0.29) is 17.8 Å². The van der Waals surface area contributed by atoms with Gasteiger partial charge in [-0.2, -0.15) is 0 Å². The van der Waals surface area contributed by atoms with Crippen LogP contribution in [0.1, 0.15) is 5.69 Å². The Morgan fingerprint density at radius 3 is 2.90 bits per heavy atom. The van der Waals surface area contributed by atoms with Crippen LogP contribution in [0.15, 0.2) is 24.4 Å². The van der Waals surface area contributed by atoms with Crippen molar-refractivity contribution < 1.29 is 19.2 Å². The van der Waals surface area contributed by atoms with Gasteiger partial charge in [0.05, 0.1) is 16.8 Å². The maximum Gasteiger partial charge on any atom is 0.320 e. The number of carboxylic acid groups (broad SMARTS) is 1. The molecule has 2 rings (SSSR count). The zero-order chi connectivity index (χ0) is 15.6. The fourth-order valence-electron chi connectivity index (χ4n) is 1.69. The van der Waals surface area contributed by atoms with Gasteiger partial charge < -0.3 is 10.8 Å². The molecule has 21 heavy (non-hydrogen) atoms. The Hall–Kier alpha value is -2.88. The SMILES string of the molecule is NC(Cc1cn(-c2c(F)cccc2[N+](=O)[O-])nn1)C(=O)O. The van der Waals surface area contributed by atoms with Gasteiger partial charge in [0, 0.05) is 12.5 Å². The van der Waals surface area contributed by atoms with E-state index in [9.17, 15) is 19.3 Å². The maximum atomic E-state index is 13.8. The average molecular weight is 295 g/mol. The van der Waals surface area contributed by atoms with E-state index in [1.165, 1.54) is 12.3 Å². The number of carboxylic acids is 1. The van der Waals surface area contributed by atoms with Gasteiger partial charge in [-0.25, -0.2) is 9.07 Å². The minimum absolute atomic E-state index is 0.127. The quantitative estimate of drug-likeness (QED) is 0.596. The minimum atomic E-state index is -1.22. The average Bonchev–Trinajstić information content (AvgIpc) is 2.86. The molecule has 3 N–H and O–H groups in total. The van der Waals surface area contributed by atoms with Gasteiger partial charge in [-0.15, -0.1) is 5.10 Å². The summed E-state index contributed by atoms with van der Waals surface area (Å²) in [6.07, 6.45) is 1.08. The molecule has 0 radical (unpaired) electrons. The molecule has 1 heterocycles. The van der Waals surface area contributed by atoms with Gasteiger partial charge in [0.25, 0.3) is 5.69 Å². The number of halogens is 1. The number of nitro groups is 1. The van der Waals surface area contributed by atoms with E-state index in [1.807, 2.05) is 0 Å². The molecular weight excluding hydrogens is 285 g/mol. The van der Waals surface area contributed by atoms with Crippen molar-refractivity contribution in [2.75, 3.05) is 0 Å². The van der Waals surface area contributed by atoms with E-state index < -0.39 is 28.4 Å². The third kappa shape index (κ3) is 3.00. The highest BCUT2D eigenvalue weighted by Gasteiger charge is 2.22. The van der Waals surface area contributed by atoms with Crippen LogP contribution in [0.25, 0.3) is 5.69 Å². The first kappa shape index (κ1) is 14.5. The number of hydrogen-bond donors (Lipinski definition) is 2. The Labute approximate surface area is 116 Å². The molecule has 1 unspecified atom stereocenters. The van der Waals surface area contributed by atoms with E-state index in [0.717, 1.165) is 16.8 Å². The van der Waals surface area contributed by atoms with Crippen LogP contribution in [-0.4, -0.2) is 37.0 Å². The maximum absolute atomic E-state index is 13.8. The highest BCUT2D eigenvalue weighted by molar-refractivity contribution is 5.73. The first-order valence-electron chi connectivity index (χ1n) is 5.73. The Morgan fingerprint density at radius 1 is 1.57 bits per heavy atom. The van der Waals surface area contributed by atoms with Gasteiger partial charge in [0.2, 0.25) is 0 Å². The van der Waals surface area contributed by atoms with Crippen LogP contribution in [0.5, 0.6) is 0 Å². The zero-order valence-corrected chi connectivity index (χ0v) is 10.5. The van der Waals surface area contributed by atoms with Crippen molar-refractivity contribution in [3.8, 4) is 5.69 Å². The van der Waals surface area contributed by atoms with Crippen molar-refractivity contribution in [1.82, 2.24) is 15.0 Å². The molecular formula is C11H10FN5O4. The summed E-state index contributed by atoms with van der Waals surface area (Å²) < 4.78 is 14.7. The lowest BCUT2D eigenvalue weighted by molar-refractivity contribution is -0.384. The fourth-order valence-corrected chi connectivity index (χ4v) is 1.69. The van der Waals surface area contributed by atoms with Crippen molar-refractivity contribution in [2.24, 2.45) is 5.73 Å². The number of aliphatic carboxylic acids is 1. The largest absolute Gasteiger partial charge is 0.480 e. The van der Waals surface area contributed by atoms with Crippen LogP contribution in [0.2, 0.25) is 0 Å².